The van der Waals surface area contributed by atoms with E-state index in [1.54, 1.807) is 26.5 Å². The van der Waals surface area contributed by atoms with Crippen LogP contribution in [0.2, 0.25) is 10.0 Å². The number of fused-ring (bicyclic) bond motifs is 1. The molecule has 198 valence electrons. The number of aromatic nitrogens is 1. The Hall–Kier alpha value is -3.39. The van der Waals surface area contributed by atoms with Crippen molar-refractivity contribution in [1.29, 1.82) is 0 Å². The smallest absolute Gasteiger partial charge is 0.255 e. The average Bonchev–Trinajstić information content (AvgIpc) is 3.35. The van der Waals surface area contributed by atoms with Gasteiger partial charge in [-0.3, -0.25) is 4.79 Å². The van der Waals surface area contributed by atoms with Gasteiger partial charge in [-0.15, -0.1) is 0 Å². The van der Waals surface area contributed by atoms with Crippen LogP contribution in [0.25, 0.3) is 22.0 Å². The van der Waals surface area contributed by atoms with Crippen molar-refractivity contribution in [2.45, 2.75) is 6.92 Å². The van der Waals surface area contributed by atoms with Crippen molar-refractivity contribution in [3.8, 4) is 22.6 Å². The van der Waals surface area contributed by atoms with Gasteiger partial charge in [0.05, 0.1) is 30.0 Å². The Labute approximate surface area is 232 Å². The Kier molecular flexibility index (Phi) is 7.70. The normalized spacial score (nSPS) is 14.1. The van der Waals surface area contributed by atoms with Crippen molar-refractivity contribution in [2.75, 3.05) is 57.2 Å². The molecule has 2 heterocycles. The van der Waals surface area contributed by atoms with Gasteiger partial charge in [-0.1, -0.05) is 42.3 Å². The van der Waals surface area contributed by atoms with Crippen molar-refractivity contribution in [3.63, 3.8) is 0 Å². The van der Waals surface area contributed by atoms with Gasteiger partial charge in [-0.25, -0.2) is 0 Å². The lowest BCUT2D eigenvalue weighted by atomic mass is 10.0. The number of methoxy groups -OCH3 is 2. The van der Waals surface area contributed by atoms with Gasteiger partial charge in [0, 0.05) is 66.2 Å². The maximum absolute atomic E-state index is 13.0. The zero-order valence-electron chi connectivity index (χ0n) is 21.6. The quantitative estimate of drug-likeness (QED) is 0.272. The number of benzene rings is 3. The first kappa shape index (κ1) is 26.2. The molecule has 5 rings (SSSR count). The topological polar surface area (TPSA) is 69.8 Å². The minimum Gasteiger partial charge on any atom is -0.495 e. The first-order valence-electron chi connectivity index (χ1n) is 12.5. The van der Waals surface area contributed by atoms with E-state index >= 15 is 0 Å². The highest BCUT2D eigenvalue weighted by Gasteiger charge is 2.20. The van der Waals surface area contributed by atoms with Crippen LogP contribution < -0.4 is 19.7 Å². The predicted molar refractivity (Wildman–Crippen MR) is 156 cm³/mol. The molecule has 1 amide bonds. The van der Waals surface area contributed by atoms with Crippen LogP contribution in [0.3, 0.4) is 0 Å². The van der Waals surface area contributed by atoms with Crippen LogP contribution in [-0.2, 0) is 0 Å². The van der Waals surface area contributed by atoms with Gasteiger partial charge < -0.3 is 29.6 Å². The first-order chi connectivity index (χ1) is 18.4. The van der Waals surface area contributed by atoms with Crippen LogP contribution in [0, 0.1) is 0 Å². The highest BCUT2D eigenvalue weighted by molar-refractivity contribution is 6.41. The van der Waals surface area contributed by atoms with E-state index in [2.05, 4.69) is 27.0 Å². The lowest BCUT2D eigenvalue weighted by Gasteiger charge is -2.35. The second-order valence-corrected chi connectivity index (χ2v) is 9.93. The van der Waals surface area contributed by atoms with E-state index < -0.39 is 0 Å². The van der Waals surface area contributed by atoms with Crippen molar-refractivity contribution < 1.29 is 14.3 Å². The summed E-state index contributed by atoms with van der Waals surface area (Å²) in [6.07, 6.45) is 1.78. The number of anilines is 2. The summed E-state index contributed by atoms with van der Waals surface area (Å²) in [5.41, 5.74) is 4.67. The van der Waals surface area contributed by atoms with E-state index in [4.69, 9.17) is 32.7 Å². The monoisotopic (exact) mass is 552 g/mol. The van der Waals surface area contributed by atoms with Crippen LogP contribution in [0.1, 0.15) is 17.3 Å². The van der Waals surface area contributed by atoms with Crippen molar-refractivity contribution in [1.82, 2.24) is 9.88 Å². The summed E-state index contributed by atoms with van der Waals surface area (Å²) in [7, 11) is 3.09. The molecule has 0 radical (unpaired) electrons. The van der Waals surface area contributed by atoms with Crippen LogP contribution in [0.15, 0.2) is 54.7 Å². The number of rotatable bonds is 7. The number of carbonyl (C=O) groups is 1. The zero-order chi connectivity index (χ0) is 26.8. The van der Waals surface area contributed by atoms with Gasteiger partial charge in [-0.05, 0) is 42.4 Å². The number of nitrogens with zero attached hydrogens (tertiary/aromatic N) is 2. The van der Waals surface area contributed by atoms with Gasteiger partial charge in [0.25, 0.3) is 5.91 Å². The molecule has 0 spiro atoms. The number of ether oxygens (including phenoxy) is 2. The molecule has 1 aliphatic heterocycles. The summed E-state index contributed by atoms with van der Waals surface area (Å²) in [5, 5.41) is 4.69. The molecule has 4 aromatic rings. The van der Waals surface area contributed by atoms with E-state index in [1.165, 1.54) is 0 Å². The van der Waals surface area contributed by atoms with Gasteiger partial charge in [0.2, 0.25) is 0 Å². The summed E-state index contributed by atoms with van der Waals surface area (Å²) in [4.78, 5) is 21.1. The van der Waals surface area contributed by atoms with Crippen molar-refractivity contribution in [2.24, 2.45) is 0 Å². The number of piperazine rings is 1. The van der Waals surface area contributed by atoms with Gasteiger partial charge >= 0.3 is 0 Å². The third-order valence-electron chi connectivity index (χ3n) is 7.11. The second kappa shape index (κ2) is 11.2. The van der Waals surface area contributed by atoms with Crippen LogP contribution >= 0.6 is 23.2 Å². The number of hydrogen-bond donors (Lipinski definition) is 2. The average molecular weight is 553 g/mol. The van der Waals surface area contributed by atoms with Gasteiger partial charge in [0.15, 0.2) is 0 Å². The highest BCUT2D eigenvalue weighted by Crippen LogP contribution is 2.46. The number of likely N-dealkylation sites (N-methyl/N-ethyl adjacent to an activating group) is 1. The number of amides is 1. The minimum atomic E-state index is -0.166. The van der Waals surface area contributed by atoms with E-state index in [1.807, 2.05) is 42.5 Å². The SMILES string of the molecule is CCN1CCN(c2ccc(C(=O)Nc3c[nH]c4cc(-c5c(Cl)c(OC)cc(OC)c5Cl)ccc34)cc2)CC1. The molecule has 0 unspecified atom stereocenters. The van der Waals surface area contributed by atoms with Crippen molar-refractivity contribution >= 4 is 51.4 Å². The fourth-order valence-electron chi connectivity index (χ4n) is 4.86. The van der Waals surface area contributed by atoms with E-state index in [0.717, 1.165) is 54.9 Å². The summed E-state index contributed by atoms with van der Waals surface area (Å²) in [6.45, 7) is 7.39. The maximum atomic E-state index is 13.0. The Morgan fingerprint density at radius 3 is 2.21 bits per heavy atom. The molecule has 1 saturated heterocycles. The molecule has 7 nitrogen and oxygen atoms in total. The summed E-state index contributed by atoms with van der Waals surface area (Å²) < 4.78 is 10.8. The number of hydrogen-bond acceptors (Lipinski definition) is 5. The van der Waals surface area contributed by atoms with Crippen molar-refractivity contribution in [3.05, 3.63) is 70.3 Å². The molecule has 1 aromatic heterocycles. The molecule has 2 N–H and O–H groups in total. The fourth-order valence-corrected chi connectivity index (χ4v) is 5.58. The summed E-state index contributed by atoms with van der Waals surface area (Å²) in [5.74, 6) is 0.773. The number of aromatic amines is 1. The largest absolute Gasteiger partial charge is 0.495 e. The molecule has 9 heteroatoms. The summed E-state index contributed by atoms with van der Waals surface area (Å²) in [6, 6.07) is 15.2. The number of halogens is 2. The number of carbonyl (C=O) groups excluding carboxylic acids is 1. The molecule has 38 heavy (non-hydrogen) atoms. The molecule has 3 aromatic carbocycles. The minimum absolute atomic E-state index is 0.166. The van der Waals surface area contributed by atoms with Crippen LogP contribution in [-0.4, -0.2) is 62.7 Å². The second-order valence-electron chi connectivity index (χ2n) is 9.17. The van der Waals surface area contributed by atoms with Gasteiger partial charge in [-0.2, -0.15) is 0 Å². The lowest BCUT2D eigenvalue weighted by molar-refractivity contribution is 0.102. The predicted octanol–water partition coefficient (Wildman–Crippen LogP) is 6.55. The van der Waals surface area contributed by atoms with E-state index in [9.17, 15) is 4.79 Å². The maximum Gasteiger partial charge on any atom is 0.255 e. The first-order valence-corrected chi connectivity index (χ1v) is 13.3. The number of H-pyrrole nitrogens is 1. The molecule has 1 aliphatic rings. The Bertz CT molecular complexity index is 1430. The molecule has 0 atom stereocenters. The third kappa shape index (κ3) is 5.01. The third-order valence-corrected chi connectivity index (χ3v) is 7.86. The van der Waals surface area contributed by atoms with Crippen LogP contribution in [0.4, 0.5) is 11.4 Å². The standard InChI is InChI=1S/C29H30Cl2N4O3/c1-4-34-11-13-35(14-12-34)20-8-5-18(6-9-20)29(36)33-23-17-32-22-15-19(7-10-21(22)23)26-27(30)24(37-2)16-25(38-3)28(26)31/h5-10,15-17,32H,4,11-14H2,1-3H3,(H,33,36). The lowest BCUT2D eigenvalue weighted by Crippen LogP contribution is -2.46. The molecule has 0 bridgehead atoms. The van der Waals surface area contributed by atoms with Crippen LogP contribution in [0.5, 0.6) is 11.5 Å². The Morgan fingerprint density at radius 1 is 0.947 bits per heavy atom. The molecular formula is C29H30Cl2N4O3. The molecular weight excluding hydrogens is 523 g/mol. The Morgan fingerprint density at radius 2 is 1.61 bits per heavy atom. The molecule has 0 aliphatic carbocycles. The fraction of sp³-hybridized carbons (Fsp3) is 0.276. The van der Waals surface area contributed by atoms with E-state index in [0.29, 0.717) is 38.4 Å². The van der Waals surface area contributed by atoms with E-state index in [-0.39, 0.29) is 5.91 Å². The molecule has 0 saturated carbocycles. The Balaban J connectivity index is 1.35. The highest BCUT2D eigenvalue weighted by atomic mass is 35.5. The number of nitrogens with one attached hydrogen (secondary N) is 2. The summed E-state index contributed by atoms with van der Waals surface area (Å²) >= 11 is 13.2. The molecule has 1 fully saturated rings. The van der Waals surface area contributed by atoms with Gasteiger partial charge in [0.1, 0.15) is 11.5 Å². The zero-order valence-corrected chi connectivity index (χ0v) is 23.1.